The largest absolute Gasteiger partial charge is 0.379 e. The zero-order valence-electron chi connectivity index (χ0n) is 29.1. The normalized spacial score (nSPS) is 13.8. The number of hydrogen-bond acceptors (Lipinski definition) is 10. The number of fused-ring (bicyclic) bond motifs is 3. The van der Waals surface area contributed by atoms with Crippen molar-refractivity contribution in [2.45, 2.75) is 58.9 Å². The number of rotatable bonds is 23. The van der Waals surface area contributed by atoms with E-state index in [-0.39, 0.29) is 31.4 Å². The molecular weight excluding hydrogens is 703 g/mol. The first-order valence-electron chi connectivity index (χ1n) is 17.1. The molecule has 2 N–H and O–H groups in total. The molecule has 1 aliphatic heterocycles. The molecule has 1 atom stereocenters. The number of nitrogens with one attached hydrogen (secondary N) is 2. The maximum atomic E-state index is 13.1. The van der Waals surface area contributed by atoms with Gasteiger partial charge in [-0.25, -0.2) is 0 Å². The summed E-state index contributed by atoms with van der Waals surface area (Å²) in [5.41, 5.74) is 3.86. The molecule has 2 amide bonds. The Labute approximate surface area is 308 Å². The molecule has 0 saturated heterocycles. The van der Waals surface area contributed by atoms with Gasteiger partial charge in [0.2, 0.25) is 11.8 Å². The van der Waals surface area contributed by atoms with Crippen molar-refractivity contribution in [2.75, 3.05) is 71.8 Å². The van der Waals surface area contributed by atoms with Crippen LogP contribution in [-0.2, 0) is 28.5 Å². The minimum absolute atomic E-state index is 0.0669. The molecule has 4 rings (SSSR count). The average Bonchev–Trinajstić information content (AvgIpc) is 3.58. The molecule has 15 heteroatoms. The summed E-state index contributed by atoms with van der Waals surface area (Å²) in [6, 6.07) is 7.03. The molecule has 3 heterocycles. The van der Waals surface area contributed by atoms with Crippen molar-refractivity contribution in [3.63, 3.8) is 0 Å². The molecule has 3 aromatic rings. The van der Waals surface area contributed by atoms with Crippen LogP contribution < -0.4 is 10.6 Å². The number of unbranched alkanes of at least 4 members (excludes halogenated alkanes) is 3. The fourth-order valence-electron chi connectivity index (χ4n) is 5.32. The van der Waals surface area contributed by atoms with Gasteiger partial charge in [0.25, 0.3) is 0 Å². The average molecular weight is 752 g/mol. The van der Waals surface area contributed by atoms with E-state index in [0.717, 1.165) is 65.5 Å². The molecule has 0 bridgehead atoms. The SMILES string of the molecule is Cc1sc2c(c1C)C(c1ccc(Cl)cc1)=N[C@@H](CC(=O)NCCOCCOCC(=O)NCCOCCOCCCCCCCl)c1nnc(C)n1-2. The van der Waals surface area contributed by atoms with E-state index in [4.69, 9.17) is 47.1 Å². The van der Waals surface area contributed by atoms with Crippen LogP contribution in [0.1, 0.15) is 71.4 Å². The topological polar surface area (TPSA) is 138 Å². The zero-order chi connectivity index (χ0) is 35.7. The third-order valence-corrected chi connectivity index (χ3v) is 9.73. The van der Waals surface area contributed by atoms with E-state index >= 15 is 0 Å². The van der Waals surface area contributed by atoms with Crippen molar-refractivity contribution in [1.29, 1.82) is 0 Å². The van der Waals surface area contributed by atoms with Gasteiger partial charge >= 0.3 is 0 Å². The lowest BCUT2D eigenvalue weighted by Gasteiger charge is -2.13. The fourth-order valence-corrected chi connectivity index (χ4v) is 6.84. The first-order valence-corrected chi connectivity index (χ1v) is 18.8. The number of alkyl halides is 1. The molecule has 0 fully saturated rings. The van der Waals surface area contributed by atoms with E-state index in [1.54, 1.807) is 11.3 Å². The van der Waals surface area contributed by atoms with Gasteiger partial charge in [0.1, 0.15) is 23.5 Å². The van der Waals surface area contributed by atoms with E-state index in [1.807, 2.05) is 35.8 Å². The van der Waals surface area contributed by atoms with E-state index in [9.17, 15) is 9.59 Å². The first kappa shape index (κ1) is 39.9. The van der Waals surface area contributed by atoms with Gasteiger partial charge < -0.3 is 29.6 Å². The van der Waals surface area contributed by atoms with Gasteiger partial charge in [0.05, 0.1) is 51.8 Å². The second-order valence-electron chi connectivity index (χ2n) is 11.8. The Hall–Kier alpha value is -2.91. The Morgan fingerprint density at radius 2 is 1.46 bits per heavy atom. The summed E-state index contributed by atoms with van der Waals surface area (Å²) in [4.78, 5) is 31.4. The van der Waals surface area contributed by atoms with Crippen molar-refractivity contribution in [2.24, 2.45) is 4.99 Å². The van der Waals surface area contributed by atoms with Gasteiger partial charge in [0.15, 0.2) is 5.82 Å². The number of amides is 2. The van der Waals surface area contributed by atoms with E-state index < -0.39 is 6.04 Å². The number of aromatic nitrogens is 3. The van der Waals surface area contributed by atoms with Gasteiger partial charge in [0, 0.05) is 46.6 Å². The number of ether oxygens (including phenoxy) is 4. The smallest absolute Gasteiger partial charge is 0.246 e. The Balaban J connectivity index is 1.12. The highest BCUT2D eigenvalue weighted by atomic mass is 35.5. The summed E-state index contributed by atoms with van der Waals surface area (Å²) in [5, 5.41) is 16.1. The van der Waals surface area contributed by atoms with Gasteiger partial charge in [-0.05, 0) is 51.3 Å². The predicted octanol–water partition coefficient (Wildman–Crippen LogP) is 5.29. The monoisotopic (exact) mass is 750 g/mol. The second kappa shape index (κ2) is 21.5. The second-order valence-corrected chi connectivity index (χ2v) is 13.8. The lowest BCUT2D eigenvalue weighted by atomic mass is 9.99. The van der Waals surface area contributed by atoms with Crippen LogP contribution in [0.15, 0.2) is 29.3 Å². The summed E-state index contributed by atoms with van der Waals surface area (Å²) in [5.74, 6) is 1.67. The van der Waals surface area contributed by atoms with Crippen LogP contribution in [0.3, 0.4) is 0 Å². The number of carbonyl (C=O) groups excluding carboxylic acids is 2. The van der Waals surface area contributed by atoms with Gasteiger partial charge in [-0.15, -0.1) is 33.1 Å². The van der Waals surface area contributed by atoms with Gasteiger partial charge in [-0.1, -0.05) is 36.6 Å². The molecule has 0 saturated carbocycles. The van der Waals surface area contributed by atoms with Crippen molar-refractivity contribution < 1.29 is 28.5 Å². The van der Waals surface area contributed by atoms with Crippen molar-refractivity contribution in [3.05, 3.63) is 62.5 Å². The van der Waals surface area contributed by atoms with Crippen LogP contribution in [0, 0.1) is 20.8 Å². The maximum Gasteiger partial charge on any atom is 0.246 e. The lowest BCUT2D eigenvalue weighted by molar-refractivity contribution is -0.126. The third-order valence-electron chi connectivity index (χ3n) is 8.02. The summed E-state index contributed by atoms with van der Waals surface area (Å²) in [6.07, 6.45) is 4.43. The summed E-state index contributed by atoms with van der Waals surface area (Å²) in [6.45, 7) is 9.74. The van der Waals surface area contributed by atoms with Gasteiger partial charge in [-0.2, -0.15) is 0 Å². The van der Waals surface area contributed by atoms with E-state index in [0.29, 0.717) is 62.9 Å². The minimum atomic E-state index is -0.547. The first-order chi connectivity index (χ1) is 24.3. The summed E-state index contributed by atoms with van der Waals surface area (Å²) >= 11 is 13.5. The molecule has 0 spiro atoms. The summed E-state index contributed by atoms with van der Waals surface area (Å²) < 4.78 is 24.0. The standard InChI is InChI=1S/C35H48Cl2N6O6S/c1-24-25(2)50-35-32(24)33(27-8-10-28(37)11-9-27)40-29(34-42-41-26(3)43(34)35)22-30(44)38-13-16-48-20-21-49-23-31(45)39-14-17-47-19-18-46-15-7-5-4-6-12-36/h8-11,29H,4-7,12-23H2,1-3H3,(H,38,44)(H,39,45)/t29-/m0/s1. The number of carbonyl (C=O) groups is 2. The van der Waals surface area contributed by atoms with E-state index in [2.05, 4.69) is 34.7 Å². The highest BCUT2D eigenvalue weighted by Crippen LogP contribution is 2.39. The number of aliphatic imine (C=N–C) groups is 1. The fraction of sp³-hybridized carbons (Fsp3) is 0.571. The van der Waals surface area contributed by atoms with Crippen molar-refractivity contribution in [3.8, 4) is 5.00 Å². The number of aryl methyl sites for hydroxylation is 2. The molecule has 0 radical (unpaired) electrons. The molecule has 50 heavy (non-hydrogen) atoms. The number of hydrogen-bond donors (Lipinski definition) is 2. The third kappa shape index (κ3) is 12.1. The van der Waals surface area contributed by atoms with Crippen LogP contribution >= 0.6 is 34.5 Å². The van der Waals surface area contributed by atoms with Crippen LogP contribution in [0.25, 0.3) is 5.00 Å². The molecule has 274 valence electrons. The Bertz CT molecular complexity index is 1550. The summed E-state index contributed by atoms with van der Waals surface area (Å²) in [7, 11) is 0. The molecule has 0 aliphatic carbocycles. The van der Waals surface area contributed by atoms with Crippen LogP contribution in [0.2, 0.25) is 5.02 Å². The molecule has 12 nitrogen and oxygen atoms in total. The quantitative estimate of drug-likeness (QED) is 0.0986. The molecule has 2 aromatic heterocycles. The molecule has 1 aliphatic rings. The zero-order valence-corrected chi connectivity index (χ0v) is 31.4. The number of halogens is 2. The Morgan fingerprint density at radius 1 is 0.820 bits per heavy atom. The van der Waals surface area contributed by atoms with Crippen LogP contribution in [-0.4, -0.2) is 104 Å². The Morgan fingerprint density at radius 3 is 2.16 bits per heavy atom. The predicted molar refractivity (Wildman–Crippen MR) is 196 cm³/mol. The molecule has 0 unspecified atom stereocenters. The van der Waals surface area contributed by atoms with Crippen molar-refractivity contribution >= 4 is 52.1 Å². The van der Waals surface area contributed by atoms with Gasteiger partial charge in [-0.3, -0.25) is 19.1 Å². The molecule has 1 aromatic carbocycles. The lowest BCUT2D eigenvalue weighted by Crippen LogP contribution is -2.31. The highest BCUT2D eigenvalue weighted by Gasteiger charge is 2.32. The van der Waals surface area contributed by atoms with Crippen LogP contribution in [0.4, 0.5) is 0 Å². The number of nitrogens with zero attached hydrogens (tertiary/aromatic N) is 4. The minimum Gasteiger partial charge on any atom is -0.379 e. The number of thiophene rings is 1. The highest BCUT2D eigenvalue weighted by molar-refractivity contribution is 7.15. The molecular formula is C35H48Cl2N6O6S. The Kier molecular flexibility index (Phi) is 17.1. The number of benzene rings is 1. The van der Waals surface area contributed by atoms with Crippen LogP contribution in [0.5, 0.6) is 0 Å². The van der Waals surface area contributed by atoms with Crippen molar-refractivity contribution in [1.82, 2.24) is 25.4 Å². The maximum absolute atomic E-state index is 13.1. The van der Waals surface area contributed by atoms with E-state index in [1.165, 1.54) is 4.88 Å².